The fourth-order valence-electron chi connectivity index (χ4n) is 5.19. The Labute approximate surface area is 254 Å². The summed E-state index contributed by atoms with van der Waals surface area (Å²) in [6.45, 7) is 6.44. The SMILES string of the molecule is CN/C(C)=C\C(OC)=C(/C=O)CNC(=O)c1cc2c(-c3cnc(C)nc3)ccn2c(CN2CCN(CC(F)(F)F)CC2)c1C. The zero-order chi connectivity index (χ0) is 32.0. The number of aryl methyl sites for hydroxylation is 1. The van der Waals surface area contributed by atoms with Gasteiger partial charge in [-0.3, -0.25) is 19.4 Å². The van der Waals surface area contributed by atoms with E-state index in [-0.39, 0.29) is 18.0 Å². The standard InChI is InChI=1S/C31H38F3N7O3/c1-20(35-4)12-29(44-5)24(18-42)16-38-30(43)26-13-27-25(23-14-36-22(3)37-15-23)6-7-41(27)28(21(26)2)17-39-8-10-40(11-9-39)19-31(32,33)34/h6-7,12-15,18,35H,8-11,16-17,19H2,1-5H3,(H,38,43)/b20-12-,29-24+. The van der Waals surface area contributed by atoms with E-state index in [0.717, 1.165) is 33.6 Å². The second-order valence-electron chi connectivity index (χ2n) is 10.8. The predicted octanol–water partition coefficient (Wildman–Crippen LogP) is 3.65. The van der Waals surface area contributed by atoms with Crippen LogP contribution in [0.2, 0.25) is 0 Å². The van der Waals surface area contributed by atoms with E-state index in [1.807, 2.05) is 30.5 Å². The normalized spacial score (nSPS) is 15.7. The first-order valence-corrected chi connectivity index (χ1v) is 14.2. The first-order chi connectivity index (χ1) is 20.9. The molecule has 4 rings (SSSR count). The smallest absolute Gasteiger partial charge is 0.401 e. The molecule has 0 spiro atoms. The van der Waals surface area contributed by atoms with Crippen LogP contribution in [0.5, 0.6) is 0 Å². The Bertz CT molecular complexity index is 1550. The van der Waals surface area contributed by atoms with Gasteiger partial charge in [0.05, 0.1) is 24.7 Å². The Hall–Kier alpha value is -4.23. The second-order valence-corrected chi connectivity index (χ2v) is 10.8. The van der Waals surface area contributed by atoms with Gasteiger partial charge in [-0.2, -0.15) is 13.2 Å². The largest absolute Gasteiger partial charge is 0.496 e. The van der Waals surface area contributed by atoms with Crippen molar-refractivity contribution in [2.75, 3.05) is 53.4 Å². The molecule has 1 fully saturated rings. The predicted molar refractivity (Wildman–Crippen MR) is 161 cm³/mol. The molecule has 1 amide bonds. The first kappa shape index (κ1) is 32.7. The average Bonchev–Trinajstić information content (AvgIpc) is 3.42. The molecule has 3 aromatic rings. The van der Waals surface area contributed by atoms with E-state index in [1.165, 1.54) is 12.0 Å². The highest BCUT2D eigenvalue weighted by molar-refractivity contribution is 5.99. The fourth-order valence-corrected chi connectivity index (χ4v) is 5.19. The van der Waals surface area contributed by atoms with Gasteiger partial charge in [-0.1, -0.05) is 0 Å². The van der Waals surface area contributed by atoms with Crippen molar-refractivity contribution in [3.63, 3.8) is 0 Å². The van der Waals surface area contributed by atoms with Crippen LogP contribution in [-0.2, 0) is 16.1 Å². The zero-order valence-corrected chi connectivity index (χ0v) is 25.6. The highest BCUT2D eigenvalue weighted by Gasteiger charge is 2.32. The molecule has 0 saturated carbocycles. The lowest BCUT2D eigenvalue weighted by Gasteiger charge is -2.35. The number of hydrogen-bond donors (Lipinski definition) is 2. The molecular formula is C31H38F3N7O3. The van der Waals surface area contributed by atoms with E-state index in [2.05, 4.69) is 25.5 Å². The van der Waals surface area contributed by atoms with E-state index in [1.54, 1.807) is 38.5 Å². The molecule has 0 radical (unpaired) electrons. The van der Waals surface area contributed by atoms with E-state index in [4.69, 9.17) is 4.74 Å². The summed E-state index contributed by atoms with van der Waals surface area (Å²) in [7, 11) is 3.20. The third-order valence-corrected chi connectivity index (χ3v) is 7.77. The summed E-state index contributed by atoms with van der Waals surface area (Å²) in [5, 5.41) is 5.83. The van der Waals surface area contributed by atoms with Crippen LogP contribution in [0.3, 0.4) is 0 Å². The molecule has 1 saturated heterocycles. The van der Waals surface area contributed by atoms with Gasteiger partial charge in [-0.05, 0) is 44.5 Å². The summed E-state index contributed by atoms with van der Waals surface area (Å²) >= 11 is 0. The quantitative estimate of drug-likeness (QED) is 0.146. The Morgan fingerprint density at radius 3 is 2.36 bits per heavy atom. The number of fused-ring (bicyclic) bond motifs is 1. The third-order valence-electron chi connectivity index (χ3n) is 7.77. The summed E-state index contributed by atoms with van der Waals surface area (Å²) in [6.07, 6.45) is 3.47. The number of allylic oxidation sites excluding steroid dienone is 2. The van der Waals surface area contributed by atoms with Gasteiger partial charge in [-0.15, -0.1) is 0 Å². The van der Waals surface area contributed by atoms with E-state index >= 15 is 0 Å². The van der Waals surface area contributed by atoms with Crippen molar-refractivity contribution in [2.24, 2.45) is 0 Å². The number of halogens is 3. The number of carbonyl (C=O) groups excluding carboxylic acids is 2. The van der Waals surface area contributed by atoms with Crippen LogP contribution in [-0.4, -0.2) is 96.0 Å². The lowest BCUT2D eigenvalue weighted by Crippen LogP contribution is -2.48. The number of alkyl halides is 3. The van der Waals surface area contributed by atoms with Crippen LogP contribution in [0, 0.1) is 13.8 Å². The molecule has 4 heterocycles. The van der Waals surface area contributed by atoms with Crippen LogP contribution in [0.15, 0.2) is 53.8 Å². The molecule has 0 atom stereocenters. The minimum Gasteiger partial charge on any atom is -0.496 e. The van der Waals surface area contributed by atoms with E-state index in [0.29, 0.717) is 56.2 Å². The monoisotopic (exact) mass is 613 g/mol. The average molecular weight is 614 g/mol. The van der Waals surface area contributed by atoms with Crippen LogP contribution in [0.4, 0.5) is 13.2 Å². The summed E-state index contributed by atoms with van der Waals surface area (Å²) in [5.41, 5.74) is 5.40. The van der Waals surface area contributed by atoms with Gasteiger partial charge in [0, 0.05) is 93.0 Å². The van der Waals surface area contributed by atoms with Gasteiger partial charge in [0.2, 0.25) is 0 Å². The Morgan fingerprint density at radius 2 is 1.77 bits per heavy atom. The Morgan fingerprint density at radius 1 is 1.11 bits per heavy atom. The number of rotatable bonds is 11. The van der Waals surface area contributed by atoms with Crippen LogP contribution >= 0.6 is 0 Å². The molecule has 13 heteroatoms. The lowest BCUT2D eigenvalue weighted by molar-refractivity contribution is -0.149. The number of piperazine rings is 1. The van der Waals surface area contributed by atoms with Gasteiger partial charge in [0.1, 0.15) is 11.6 Å². The highest BCUT2D eigenvalue weighted by atomic mass is 19.4. The molecule has 10 nitrogen and oxygen atoms in total. The zero-order valence-electron chi connectivity index (χ0n) is 25.6. The van der Waals surface area contributed by atoms with Crippen molar-refractivity contribution in [1.29, 1.82) is 0 Å². The number of amides is 1. The van der Waals surface area contributed by atoms with Gasteiger partial charge in [0.15, 0.2) is 6.29 Å². The number of aromatic nitrogens is 3. The van der Waals surface area contributed by atoms with Crippen LogP contribution in [0.1, 0.15) is 34.4 Å². The molecule has 0 aliphatic carbocycles. The lowest BCUT2D eigenvalue weighted by atomic mass is 10.0. The van der Waals surface area contributed by atoms with E-state index < -0.39 is 12.7 Å². The van der Waals surface area contributed by atoms with Crippen LogP contribution in [0.25, 0.3) is 16.6 Å². The van der Waals surface area contributed by atoms with Gasteiger partial charge in [0.25, 0.3) is 5.91 Å². The first-order valence-electron chi connectivity index (χ1n) is 14.2. The van der Waals surface area contributed by atoms with Crippen molar-refractivity contribution >= 4 is 17.7 Å². The highest BCUT2D eigenvalue weighted by Crippen LogP contribution is 2.30. The van der Waals surface area contributed by atoms with E-state index in [9.17, 15) is 22.8 Å². The molecule has 0 aromatic carbocycles. The number of carbonyl (C=O) groups is 2. The number of hydrogen-bond acceptors (Lipinski definition) is 8. The Kier molecular flexibility index (Phi) is 10.4. The minimum atomic E-state index is -4.24. The third kappa shape index (κ3) is 7.83. The van der Waals surface area contributed by atoms with Crippen molar-refractivity contribution in [3.05, 3.63) is 76.5 Å². The Balaban J connectivity index is 1.69. The molecule has 2 N–H and O–H groups in total. The molecule has 0 bridgehead atoms. The summed E-state index contributed by atoms with van der Waals surface area (Å²) < 4.78 is 46.2. The molecule has 0 unspecified atom stereocenters. The number of ether oxygens (including phenoxy) is 1. The summed E-state index contributed by atoms with van der Waals surface area (Å²) in [6, 6.07) is 3.74. The number of nitrogens with one attached hydrogen (secondary N) is 2. The maximum absolute atomic E-state index is 13.7. The summed E-state index contributed by atoms with van der Waals surface area (Å²) in [4.78, 5) is 37.7. The van der Waals surface area contributed by atoms with Crippen molar-refractivity contribution < 1.29 is 27.5 Å². The number of methoxy groups -OCH3 is 1. The van der Waals surface area contributed by atoms with Gasteiger partial charge < -0.3 is 19.8 Å². The molecule has 236 valence electrons. The van der Waals surface area contributed by atoms with Crippen molar-refractivity contribution in [2.45, 2.75) is 33.5 Å². The van der Waals surface area contributed by atoms with Crippen LogP contribution < -0.4 is 10.6 Å². The fraction of sp³-hybridized carbons (Fsp3) is 0.419. The van der Waals surface area contributed by atoms with Crippen molar-refractivity contribution in [1.82, 2.24) is 34.8 Å². The number of nitrogens with zero attached hydrogens (tertiary/aromatic N) is 5. The maximum Gasteiger partial charge on any atom is 0.401 e. The summed E-state index contributed by atoms with van der Waals surface area (Å²) in [5.74, 6) is 0.586. The van der Waals surface area contributed by atoms with Crippen molar-refractivity contribution in [3.8, 4) is 11.1 Å². The minimum absolute atomic E-state index is 0.0558. The second kappa shape index (κ2) is 14.0. The molecule has 1 aliphatic rings. The molecular weight excluding hydrogens is 575 g/mol. The van der Waals surface area contributed by atoms with Gasteiger partial charge in [-0.25, -0.2) is 9.97 Å². The number of pyridine rings is 1. The topological polar surface area (TPSA) is 104 Å². The van der Waals surface area contributed by atoms with Gasteiger partial charge >= 0.3 is 6.18 Å². The number of aldehydes is 1. The molecule has 1 aliphatic heterocycles. The molecule has 44 heavy (non-hydrogen) atoms. The molecule has 3 aromatic heterocycles. The maximum atomic E-state index is 13.7.